The monoisotopic (exact) mass is 432 g/mol. The van der Waals surface area contributed by atoms with Crippen LogP contribution in [0.15, 0.2) is 35.8 Å². The maximum absolute atomic E-state index is 12.9. The van der Waals surface area contributed by atoms with Gasteiger partial charge in [0.05, 0.1) is 4.88 Å². The predicted molar refractivity (Wildman–Crippen MR) is 116 cm³/mol. The molecule has 7 heteroatoms. The summed E-state index contributed by atoms with van der Waals surface area (Å²) >= 11 is 9.33. The number of Topliss-reactive ketones (excluding diaryl/α,β-unsaturated/α-hetero) is 2. The maximum atomic E-state index is 12.9. The normalized spacial score (nSPS) is 10.9. The molecule has 0 N–H and O–H groups in total. The Morgan fingerprint density at radius 1 is 1.07 bits per heavy atom. The van der Waals surface area contributed by atoms with Crippen LogP contribution >= 0.6 is 34.3 Å². The van der Waals surface area contributed by atoms with Crippen LogP contribution in [0.4, 0.5) is 0 Å². The molecule has 2 aromatic heterocycles. The fourth-order valence-corrected chi connectivity index (χ4v) is 4.93. The summed E-state index contributed by atoms with van der Waals surface area (Å²) in [6, 6.07) is 7.50. The second kappa shape index (κ2) is 10.0. The molecule has 0 radical (unpaired) electrons. The number of carbonyl (C=O) groups excluding carboxylic acids is 2. The first-order valence-electron chi connectivity index (χ1n) is 9.30. The second-order valence-electron chi connectivity index (χ2n) is 6.39. The van der Waals surface area contributed by atoms with Gasteiger partial charge in [0.25, 0.3) is 0 Å². The topological polar surface area (TPSA) is 59.9 Å². The van der Waals surface area contributed by atoms with E-state index in [1.165, 1.54) is 22.7 Å². The van der Waals surface area contributed by atoms with Gasteiger partial charge in [0.1, 0.15) is 11.5 Å². The Labute approximate surface area is 177 Å². The third kappa shape index (κ3) is 5.13. The highest BCUT2D eigenvalue weighted by molar-refractivity contribution is 7.22. The molecule has 28 heavy (non-hydrogen) atoms. The van der Waals surface area contributed by atoms with Crippen molar-refractivity contribution in [3.63, 3.8) is 0 Å². The Balaban J connectivity index is 1.78. The Bertz CT molecular complexity index is 951. The highest BCUT2D eigenvalue weighted by Gasteiger charge is 2.22. The van der Waals surface area contributed by atoms with E-state index in [0.717, 1.165) is 39.7 Å². The van der Waals surface area contributed by atoms with Crippen molar-refractivity contribution in [3.8, 4) is 20.5 Å². The summed E-state index contributed by atoms with van der Waals surface area (Å²) in [4.78, 5) is 34.0. The molecule has 0 atom stereocenters. The van der Waals surface area contributed by atoms with E-state index < -0.39 is 0 Å². The number of halogens is 1. The summed E-state index contributed by atoms with van der Waals surface area (Å²) in [7, 11) is 0. The molecule has 0 aliphatic heterocycles. The minimum Gasteiger partial charge on any atom is -0.300 e. The van der Waals surface area contributed by atoms with Gasteiger partial charge >= 0.3 is 0 Å². The van der Waals surface area contributed by atoms with Gasteiger partial charge in [-0.25, -0.2) is 9.97 Å². The van der Waals surface area contributed by atoms with Gasteiger partial charge in [-0.2, -0.15) is 0 Å². The Hall–Kier alpha value is -1.89. The van der Waals surface area contributed by atoms with Crippen LogP contribution in [0.3, 0.4) is 0 Å². The zero-order chi connectivity index (χ0) is 19.9. The number of ketones is 2. The van der Waals surface area contributed by atoms with Gasteiger partial charge in [0.15, 0.2) is 15.8 Å². The summed E-state index contributed by atoms with van der Waals surface area (Å²) in [5, 5.41) is 4.03. The Kier molecular flexibility index (Phi) is 7.48. The van der Waals surface area contributed by atoms with Crippen LogP contribution in [-0.4, -0.2) is 21.5 Å². The second-order valence-corrected chi connectivity index (χ2v) is 8.69. The summed E-state index contributed by atoms with van der Waals surface area (Å²) < 4.78 is 0. The van der Waals surface area contributed by atoms with Crippen molar-refractivity contribution in [1.29, 1.82) is 0 Å². The quantitative estimate of drug-likeness (QED) is 0.264. The van der Waals surface area contributed by atoms with Crippen molar-refractivity contribution in [2.45, 2.75) is 45.4 Å². The lowest BCUT2D eigenvalue weighted by Crippen LogP contribution is -2.02. The van der Waals surface area contributed by atoms with Crippen molar-refractivity contribution >= 4 is 45.8 Å². The molecule has 0 unspecified atom stereocenters. The van der Waals surface area contributed by atoms with Crippen molar-refractivity contribution < 1.29 is 9.59 Å². The lowest BCUT2D eigenvalue weighted by atomic mass is 10.0. The number of thiazole rings is 2. The van der Waals surface area contributed by atoms with Crippen LogP contribution in [0.5, 0.6) is 0 Å². The van der Waals surface area contributed by atoms with E-state index in [9.17, 15) is 9.59 Å². The van der Waals surface area contributed by atoms with Gasteiger partial charge in [-0.15, -0.1) is 22.7 Å². The van der Waals surface area contributed by atoms with Gasteiger partial charge in [0, 0.05) is 41.4 Å². The summed E-state index contributed by atoms with van der Waals surface area (Å²) in [5.74, 6) is 0.288. The average molecular weight is 433 g/mol. The van der Waals surface area contributed by atoms with E-state index in [-0.39, 0.29) is 11.6 Å². The molecule has 2 heterocycles. The standard InChI is InChI=1S/C21H21ClN2O2S2/c1-2-14(25)8-4-3-5-11-17(26)18-19(15-9-6-7-10-16(15)22)28-21(24-18)20-23-12-13-27-20/h6-7,9-10,12-13H,2-5,8,11H2,1H3. The van der Waals surface area contributed by atoms with Crippen LogP contribution in [0.1, 0.15) is 55.9 Å². The number of rotatable bonds is 10. The van der Waals surface area contributed by atoms with E-state index in [2.05, 4.69) is 9.97 Å². The molecule has 0 bridgehead atoms. The van der Waals surface area contributed by atoms with Crippen molar-refractivity contribution in [3.05, 3.63) is 46.6 Å². The minimum absolute atomic E-state index is 0.00999. The van der Waals surface area contributed by atoms with Crippen molar-refractivity contribution in [1.82, 2.24) is 9.97 Å². The van der Waals surface area contributed by atoms with E-state index in [1.807, 2.05) is 36.6 Å². The number of hydrogen-bond acceptors (Lipinski definition) is 6. The van der Waals surface area contributed by atoms with Gasteiger partial charge in [-0.1, -0.05) is 43.1 Å². The first kappa shape index (κ1) is 20.8. The number of hydrogen-bond donors (Lipinski definition) is 0. The average Bonchev–Trinajstić information content (AvgIpc) is 3.37. The molecule has 0 aliphatic rings. The van der Waals surface area contributed by atoms with Gasteiger partial charge in [-0.3, -0.25) is 9.59 Å². The van der Waals surface area contributed by atoms with Crippen molar-refractivity contribution in [2.75, 3.05) is 0 Å². The van der Waals surface area contributed by atoms with Crippen LogP contribution in [0.25, 0.3) is 20.5 Å². The smallest absolute Gasteiger partial charge is 0.182 e. The molecule has 4 nitrogen and oxygen atoms in total. The van der Waals surface area contributed by atoms with E-state index in [1.54, 1.807) is 6.20 Å². The van der Waals surface area contributed by atoms with Crippen molar-refractivity contribution in [2.24, 2.45) is 0 Å². The van der Waals surface area contributed by atoms with Gasteiger partial charge < -0.3 is 0 Å². The maximum Gasteiger partial charge on any atom is 0.182 e. The van der Waals surface area contributed by atoms with Crippen LogP contribution < -0.4 is 0 Å². The fourth-order valence-electron chi connectivity index (χ4n) is 2.84. The lowest BCUT2D eigenvalue weighted by Gasteiger charge is -2.04. The molecule has 0 amide bonds. The SMILES string of the molecule is CCC(=O)CCCCCC(=O)c1nc(-c2nccs2)sc1-c1ccccc1Cl. The van der Waals surface area contributed by atoms with E-state index in [4.69, 9.17) is 11.6 Å². The highest BCUT2D eigenvalue weighted by atomic mass is 35.5. The van der Waals surface area contributed by atoms with Gasteiger partial charge in [-0.05, 0) is 18.9 Å². The van der Waals surface area contributed by atoms with Crippen LogP contribution in [0, 0.1) is 0 Å². The number of aromatic nitrogens is 2. The molecule has 0 aliphatic carbocycles. The number of unbranched alkanes of at least 4 members (excludes halogenated alkanes) is 2. The van der Waals surface area contributed by atoms with Crippen LogP contribution in [-0.2, 0) is 4.79 Å². The molecule has 0 fully saturated rings. The van der Waals surface area contributed by atoms with Gasteiger partial charge in [0.2, 0.25) is 0 Å². The molecule has 0 saturated heterocycles. The molecular formula is C21H21ClN2O2S2. The highest BCUT2D eigenvalue weighted by Crippen LogP contribution is 2.39. The van der Waals surface area contributed by atoms with Crippen LogP contribution in [0.2, 0.25) is 5.02 Å². The summed E-state index contributed by atoms with van der Waals surface area (Å²) in [6.07, 6.45) is 5.77. The molecule has 1 aromatic carbocycles. The Morgan fingerprint density at radius 3 is 2.57 bits per heavy atom. The zero-order valence-corrected chi connectivity index (χ0v) is 18.0. The molecule has 0 saturated carbocycles. The first-order valence-corrected chi connectivity index (χ1v) is 11.4. The summed E-state index contributed by atoms with van der Waals surface area (Å²) in [5.41, 5.74) is 1.29. The molecule has 146 valence electrons. The number of nitrogens with zero attached hydrogens (tertiary/aromatic N) is 2. The lowest BCUT2D eigenvalue weighted by molar-refractivity contribution is -0.118. The number of carbonyl (C=O) groups is 2. The van der Waals surface area contributed by atoms with E-state index >= 15 is 0 Å². The minimum atomic E-state index is 0.00999. The third-order valence-electron chi connectivity index (χ3n) is 4.38. The molecule has 3 aromatic rings. The van der Waals surface area contributed by atoms with E-state index in [0.29, 0.717) is 30.0 Å². The zero-order valence-electron chi connectivity index (χ0n) is 15.6. The first-order chi connectivity index (χ1) is 13.6. The fraction of sp³-hybridized carbons (Fsp3) is 0.333. The molecule has 3 rings (SSSR count). The molecule has 0 spiro atoms. The predicted octanol–water partition coefficient (Wildman–Crippen LogP) is 6.70. The largest absolute Gasteiger partial charge is 0.300 e. The number of benzene rings is 1. The third-order valence-corrected chi connectivity index (χ3v) is 6.71. The molecular weight excluding hydrogens is 412 g/mol. The Morgan fingerprint density at radius 2 is 1.86 bits per heavy atom. The summed E-state index contributed by atoms with van der Waals surface area (Å²) in [6.45, 7) is 1.88.